The van der Waals surface area contributed by atoms with Crippen LogP contribution in [0.3, 0.4) is 0 Å². The van der Waals surface area contributed by atoms with Crippen LogP contribution in [0.15, 0.2) is 59.0 Å². The predicted molar refractivity (Wildman–Crippen MR) is 142 cm³/mol. The summed E-state index contributed by atoms with van der Waals surface area (Å²) in [5, 5.41) is 12.5. The fourth-order valence-corrected chi connectivity index (χ4v) is 5.03. The number of amides is 1. The van der Waals surface area contributed by atoms with Crippen LogP contribution in [0.1, 0.15) is 65.2 Å². The molecule has 182 valence electrons. The molecule has 6 heteroatoms. The molecule has 36 heavy (non-hydrogen) atoms. The first-order valence-corrected chi connectivity index (χ1v) is 12.5. The molecule has 0 saturated heterocycles. The highest BCUT2D eigenvalue weighted by molar-refractivity contribution is 5.94. The molecule has 3 aromatic carbocycles. The second-order valence-corrected chi connectivity index (χ2v) is 9.91. The number of anilines is 1. The first-order chi connectivity index (χ1) is 17.4. The fraction of sp³-hybridized carbons (Fsp3) is 0.300. The summed E-state index contributed by atoms with van der Waals surface area (Å²) in [6.45, 7) is 4.78. The Hall–Kier alpha value is -4.11. The molecular formula is C30H30N4O2. The minimum absolute atomic E-state index is 0.0823. The number of nitrogens with one attached hydrogen (secondary N) is 1. The van der Waals surface area contributed by atoms with Gasteiger partial charge in [0.25, 0.3) is 5.91 Å². The van der Waals surface area contributed by atoms with Crippen LogP contribution in [-0.4, -0.2) is 17.4 Å². The van der Waals surface area contributed by atoms with E-state index in [0.29, 0.717) is 40.6 Å². The van der Waals surface area contributed by atoms with Gasteiger partial charge in [0.1, 0.15) is 5.52 Å². The molecule has 1 amide bonds. The van der Waals surface area contributed by atoms with E-state index in [1.807, 2.05) is 30.3 Å². The quantitative estimate of drug-likeness (QED) is 0.270. The first kappa shape index (κ1) is 23.6. The summed E-state index contributed by atoms with van der Waals surface area (Å²) in [5.74, 6) is 1.02. The second-order valence-electron chi connectivity index (χ2n) is 9.91. The fourth-order valence-electron chi connectivity index (χ4n) is 5.03. The summed E-state index contributed by atoms with van der Waals surface area (Å²) < 4.78 is 6.09. The zero-order valence-corrected chi connectivity index (χ0v) is 20.7. The molecule has 0 aliphatic heterocycles. The van der Waals surface area contributed by atoms with E-state index in [4.69, 9.17) is 10.2 Å². The molecule has 1 aliphatic carbocycles. The number of rotatable bonds is 5. The summed E-state index contributed by atoms with van der Waals surface area (Å²) in [7, 11) is 0. The van der Waals surface area contributed by atoms with Crippen molar-refractivity contribution >= 4 is 22.7 Å². The number of aromatic nitrogens is 1. The van der Waals surface area contributed by atoms with Crippen LogP contribution in [0.5, 0.6) is 0 Å². The van der Waals surface area contributed by atoms with Gasteiger partial charge in [0.05, 0.1) is 11.6 Å². The van der Waals surface area contributed by atoms with E-state index >= 15 is 0 Å². The molecule has 1 atom stereocenters. The van der Waals surface area contributed by atoms with Crippen molar-refractivity contribution in [1.29, 1.82) is 5.26 Å². The average Bonchev–Trinajstić information content (AvgIpc) is 3.20. The lowest BCUT2D eigenvalue weighted by Crippen LogP contribution is -2.29. The van der Waals surface area contributed by atoms with Gasteiger partial charge in [-0.3, -0.25) is 4.79 Å². The molecule has 0 saturated carbocycles. The number of nitriles is 1. The van der Waals surface area contributed by atoms with E-state index in [9.17, 15) is 10.1 Å². The van der Waals surface area contributed by atoms with E-state index in [1.165, 1.54) is 11.1 Å². The minimum atomic E-state index is -0.0823. The number of carbonyl (C=O) groups is 1. The smallest absolute Gasteiger partial charge is 0.251 e. The lowest BCUT2D eigenvalue weighted by Gasteiger charge is -2.15. The number of aryl methyl sites for hydroxylation is 1. The van der Waals surface area contributed by atoms with E-state index in [-0.39, 0.29) is 11.8 Å². The van der Waals surface area contributed by atoms with Crippen LogP contribution in [0.4, 0.5) is 5.69 Å². The average molecular weight is 479 g/mol. The zero-order chi connectivity index (χ0) is 25.2. The van der Waals surface area contributed by atoms with Crippen LogP contribution >= 0.6 is 0 Å². The van der Waals surface area contributed by atoms with Gasteiger partial charge in [-0.1, -0.05) is 26.0 Å². The van der Waals surface area contributed by atoms with Crippen molar-refractivity contribution in [3.05, 3.63) is 82.4 Å². The number of nitrogens with zero attached hydrogens (tertiary/aromatic N) is 2. The van der Waals surface area contributed by atoms with Crippen LogP contribution in [0.25, 0.3) is 22.6 Å². The summed E-state index contributed by atoms with van der Waals surface area (Å²) in [4.78, 5) is 17.4. The van der Waals surface area contributed by atoms with Gasteiger partial charge in [-0.25, -0.2) is 4.98 Å². The molecule has 0 spiro atoms. The maximum absolute atomic E-state index is 12.8. The van der Waals surface area contributed by atoms with Crippen molar-refractivity contribution in [2.45, 2.75) is 45.4 Å². The number of nitrogens with two attached hydrogens (primary N) is 1. The number of benzene rings is 3. The number of hydrogen-bond acceptors (Lipinski definition) is 5. The summed E-state index contributed by atoms with van der Waals surface area (Å²) in [6.07, 6.45) is 4.01. The van der Waals surface area contributed by atoms with E-state index in [2.05, 4.69) is 36.3 Å². The monoisotopic (exact) mass is 478 g/mol. The minimum Gasteiger partial charge on any atom is -0.436 e. The van der Waals surface area contributed by atoms with Crippen LogP contribution in [0, 0.1) is 17.2 Å². The van der Waals surface area contributed by atoms with E-state index < -0.39 is 0 Å². The normalized spacial score (nSPS) is 15.3. The molecule has 4 aromatic rings. The van der Waals surface area contributed by atoms with Crippen molar-refractivity contribution in [3.63, 3.8) is 0 Å². The van der Waals surface area contributed by atoms with Gasteiger partial charge in [-0.15, -0.1) is 0 Å². The van der Waals surface area contributed by atoms with Gasteiger partial charge in [-0.2, -0.15) is 5.26 Å². The van der Waals surface area contributed by atoms with Crippen molar-refractivity contribution in [1.82, 2.24) is 10.3 Å². The first-order valence-electron chi connectivity index (χ1n) is 12.5. The molecule has 1 aromatic heterocycles. The Kier molecular flexibility index (Phi) is 6.47. The van der Waals surface area contributed by atoms with Crippen molar-refractivity contribution in [3.8, 4) is 17.5 Å². The summed E-state index contributed by atoms with van der Waals surface area (Å²) >= 11 is 0. The van der Waals surface area contributed by atoms with Gasteiger partial charge < -0.3 is 15.5 Å². The molecule has 3 N–H and O–H groups in total. The lowest BCUT2D eigenvalue weighted by atomic mass is 9.99. The molecular weight excluding hydrogens is 448 g/mol. The topological polar surface area (TPSA) is 105 Å². The second kappa shape index (κ2) is 9.87. The number of nitrogen functional groups attached to an aromatic ring is 1. The number of hydrogen-bond donors (Lipinski definition) is 2. The number of fused-ring (bicyclic) bond motifs is 2. The molecule has 6 nitrogen and oxygen atoms in total. The van der Waals surface area contributed by atoms with Gasteiger partial charge >= 0.3 is 0 Å². The standard InChI is InChI=1S/C30H30N4O2/c1-18(2)25-14-20(16-31)15-27-28(25)36-30(34-27)23-11-9-22(10-12-23)29(35)33-17-19-6-8-21-4-3-5-26(32)24(21)13-7-19/h3-5,9-12,14-15,18-19H,6-8,13,17,32H2,1-2H3,(H,33,35). The van der Waals surface area contributed by atoms with E-state index in [1.54, 1.807) is 18.2 Å². The molecule has 5 rings (SSSR count). The lowest BCUT2D eigenvalue weighted by molar-refractivity contribution is 0.0946. The third-order valence-electron chi connectivity index (χ3n) is 7.15. The Balaban J connectivity index is 1.25. The maximum Gasteiger partial charge on any atom is 0.251 e. The highest BCUT2D eigenvalue weighted by Crippen LogP contribution is 2.32. The van der Waals surface area contributed by atoms with Gasteiger partial charge in [0.15, 0.2) is 5.58 Å². The number of oxazole rings is 1. The molecule has 0 fully saturated rings. The zero-order valence-electron chi connectivity index (χ0n) is 20.7. The Morgan fingerprint density at radius 1 is 1.17 bits per heavy atom. The van der Waals surface area contributed by atoms with Crippen molar-refractivity contribution in [2.75, 3.05) is 12.3 Å². The highest BCUT2D eigenvalue weighted by atomic mass is 16.3. The van der Waals surface area contributed by atoms with Crippen LogP contribution in [-0.2, 0) is 12.8 Å². The van der Waals surface area contributed by atoms with Crippen molar-refractivity contribution in [2.24, 2.45) is 5.92 Å². The van der Waals surface area contributed by atoms with Gasteiger partial charge in [0, 0.05) is 28.9 Å². The SMILES string of the molecule is CC(C)c1cc(C#N)cc2nc(-c3ccc(C(=O)NCC4CCc5cccc(N)c5CC4)cc3)oc12. The molecule has 1 heterocycles. The maximum atomic E-state index is 12.8. The van der Waals surface area contributed by atoms with Gasteiger partial charge in [-0.05, 0) is 91.1 Å². The highest BCUT2D eigenvalue weighted by Gasteiger charge is 2.19. The van der Waals surface area contributed by atoms with E-state index in [0.717, 1.165) is 42.5 Å². The summed E-state index contributed by atoms with van der Waals surface area (Å²) in [5.41, 5.74) is 13.9. The van der Waals surface area contributed by atoms with Crippen LogP contribution < -0.4 is 11.1 Å². The third-order valence-corrected chi connectivity index (χ3v) is 7.15. The molecule has 1 unspecified atom stereocenters. The Morgan fingerprint density at radius 3 is 2.69 bits per heavy atom. The predicted octanol–water partition coefficient (Wildman–Crippen LogP) is 6.00. The Labute approximate surface area is 211 Å². The Morgan fingerprint density at radius 2 is 1.94 bits per heavy atom. The third kappa shape index (κ3) is 4.70. The summed E-state index contributed by atoms with van der Waals surface area (Å²) in [6, 6.07) is 19.3. The molecule has 0 bridgehead atoms. The Bertz CT molecular complexity index is 1460. The van der Waals surface area contributed by atoms with Gasteiger partial charge in [0.2, 0.25) is 5.89 Å². The molecule has 1 aliphatic rings. The number of carbonyl (C=O) groups excluding carboxylic acids is 1. The molecule has 0 radical (unpaired) electrons. The van der Waals surface area contributed by atoms with Crippen molar-refractivity contribution < 1.29 is 9.21 Å². The largest absolute Gasteiger partial charge is 0.436 e. The van der Waals surface area contributed by atoms with Crippen LogP contribution in [0.2, 0.25) is 0 Å².